The monoisotopic (exact) mass is 276 g/mol. The average Bonchev–Trinajstić information content (AvgIpc) is 2.63. The summed E-state index contributed by atoms with van der Waals surface area (Å²) in [7, 11) is 0. The highest BCUT2D eigenvalue weighted by molar-refractivity contribution is 5.93. The number of amides is 2. The molecule has 0 bridgehead atoms. The Morgan fingerprint density at radius 3 is 2.95 bits per heavy atom. The van der Waals surface area contributed by atoms with Crippen molar-refractivity contribution < 1.29 is 9.59 Å². The Labute approximate surface area is 118 Å². The number of pyridine rings is 1. The molecule has 108 valence electrons. The van der Waals surface area contributed by atoms with Crippen LogP contribution in [-0.2, 0) is 11.3 Å². The molecule has 2 rings (SSSR count). The Hall–Kier alpha value is -1.95. The lowest BCUT2D eigenvalue weighted by Gasteiger charge is -2.20. The molecule has 6 heteroatoms. The summed E-state index contributed by atoms with van der Waals surface area (Å²) in [5, 5.41) is 0. The number of hydrogen-bond acceptors (Lipinski definition) is 4. The summed E-state index contributed by atoms with van der Waals surface area (Å²) in [4.78, 5) is 29.4. The third-order valence-electron chi connectivity index (χ3n) is 3.67. The van der Waals surface area contributed by atoms with E-state index in [1.165, 1.54) is 6.20 Å². The van der Waals surface area contributed by atoms with Gasteiger partial charge >= 0.3 is 0 Å². The van der Waals surface area contributed by atoms with Gasteiger partial charge in [0.2, 0.25) is 5.91 Å². The number of likely N-dealkylation sites (tertiary alicyclic amines) is 1. The quantitative estimate of drug-likeness (QED) is 0.486. The number of rotatable bonds is 3. The Morgan fingerprint density at radius 2 is 2.30 bits per heavy atom. The highest BCUT2D eigenvalue weighted by Crippen LogP contribution is 2.18. The van der Waals surface area contributed by atoms with E-state index in [-0.39, 0.29) is 11.8 Å². The maximum absolute atomic E-state index is 12.0. The molecule has 1 saturated heterocycles. The first-order valence-corrected chi connectivity index (χ1v) is 6.84. The van der Waals surface area contributed by atoms with E-state index < -0.39 is 0 Å². The van der Waals surface area contributed by atoms with Crippen LogP contribution in [0, 0.1) is 5.92 Å². The average molecular weight is 276 g/mol. The fourth-order valence-corrected chi connectivity index (χ4v) is 2.27. The van der Waals surface area contributed by atoms with Crippen LogP contribution in [0.5, 0.6) is 0 Å². The molecule has 0 aliphatic carbocycles. The highest BCUT2D eigenvalue weighted by atomic mass is 16.2. The number of hydrogen-bond donors (Lipinski definition) is 2. The molecule has 1 fully saturated rings. The van der Waals surface area contributed by atoms with Crippen molar-refractivity contribution in [2.24, 2.45) is 11.8 Å². The SMILES string of the molecule is CC1CCC(=O)N(Cc2ccc(C(=O)NN)cn2)CC1. The standard InChI is InChI=1S/C14H20N4O2/c1-10-2-5-13(19)18(7-6-10)9-12-4-3-11(8-16-12)14(20)17-15/h3-4,8,10H,2,5-7,9,15H2,1H3,(H,17,20). The number of nitrogens with one attached hydrogen (secondary N) is 1. The zero-order valence-corrected chi connectivity index (χ0v) is 11.6. The van der Waals surface area contributed by atoms with Crippen LogP contribution in [0.4, 0.5) is 0 Å². The van der Waals surface area contributed by atoms with Crippen LogP contribution in [0.15, 0.2) is 18.3 Å². The number of nitrogens with zero attached hydrogens (tertiary/aromatic N) is 2. The molecule has 6 nitrogen and oxygen atoms in total. The maximum atomic E-state index is 12.0. The first-order chi connectivity index (χ1) is 9.60. The van der Waals surface area contributed by atoms with Gasteiger partial charge in [0.15, 0.2) is 0 Å². The Kier molecular flexibility index (Phi) is 4.68. The Bertz CT molecular complexity index is 486. The van der Waals surface area contributed by atoms with E-state index in [0.717, 1.165) is 25.1 Å². The predicted molar refractivity (Wildman–Crippen MR) is 74.3 cm³/mol. The minimum absolute atomic E-state index is 0.180. The molecule has 1 aliphatic rings. The maximum Gasteiger partial charge on any atom is 0.266 e. The van der Waals surface area contributed by atoms with Gasteiger partial charge in [0.05, 0.1) is 17.8 Å². The largest absolute Gasteiger partial charge is 0.337 e. The number of nitrogens with two attached hydrogens (primary N) is 1. The molecule has 0 aromatic carbocycles. The third kappa shape index (κ3) is 3.54. The summed E-state index contributed by atoms with van der Waals surface area (Å²) < 4.78 is 0. The van der Waals surface area contributed by atoms with Crippen molar-refractivity contribution in [2.45, 2.75) is 32.7 Å². The number of nitrogen functional groups attached to an aromatic ring is 1. The molecule has 3 N–H and O–H groups in total. The van der Waals surface area contributed by atoms with Crippen LogP contribution < -0.4 is 11.3 Å². The lowest BCUT2D eigenvalue weighted by molar-refractivity contribution is -0.131. The minimum atomic E-state index is -0.372. The summed E-state index contributed by atoms with van der Waals surface area (Å²) in [5.74, 6) is 5.46. The van der Waals surface area contributed by atoms with E-state index in [0.29, 0.717) is 24.4 Å². The first-order valence-electron chi connectivity index (χ1n) is 6.84. The Morgan fingerprint density at radius 1 is 1.50 bits per heavy atom. The van der Waals surface area contributed by atoms with Crippen LogP contribution in [-0.4, -0.2) is 28.2 Å². The van der Waals surface area contributed by atoms with Gasteiger partial charge in [-0.15, -0.1) is 0 Å². The number of carbonyl (C=O) groups is 2. The fraction of sp³-hybridized carbons (Fsp3) is 0.500. The van der Waals surface area contributed by atoms with Gasteiger partial charge in [-0.25, -0.2) is 5.84 Å². The molecule has 1 atom stereocenters. The van der Waals surface area contributed by atoms with Crippen LogP contribution in [0.3, 0.4) is 0 Å². The van der Waals surface area contributed by atoms with Gasteiger partial charge in [-0.1, -0.05) is 6.92 Å². The van der Waals surface area contributed by atoms with Crippen molar-refractivity contribution >= 4 is 11.8 Å². The summed E-state index contributed by atoms with van der Waals surface area (Å²) >= 11 is 0. The topological polar surface area (TPSA) is 88.3 Å². The summed E-state index contributed by atoms with van der Waals surface area (Å²) in [5.41, 5.74) is 3.25. The predicted octanol–water partition coefficient (Wildman–Crippen LogP) is 0.834. The smallest absolute Gasteiger partial charge is 0.266 e. The van der Waals surface area contributed by atoms with Crippen molar-refractivity contribution in [1.82, 2.24) is 15.3 Å². The second-order valence-electron chi connectivity index (χ2n) is 5.26. The van der Waals surface area contributed by atoms with Crippen LogP contribution in [0.25, 0.3) is 0 Å². The van der Waals surface area contributed by atoms with Crippen molar-refractivity contribution in [3.8, 4) is 0 Å². The van der Waals surface area contributed by atoms with Crippen LogP contribution in [0.2, 0.25) is 0 Å². The highest BCUT2D eigenvalue weighted by Gasteiger charge is 2.20. The van der Waals surface area contributed by atoms with Gasteiger partial charge in [0.1, 0.15) is 0 Å². The van der Waals surface area contributed by atoms with E-state index in [1.807, 2.05) is 4.90 Å². The molecule has 2 amide bonds. The zero-order valence-electron chi connectivity index (χ0n) is 11.6. The van der Waals surface area contributed by atoms with E-state index >= 15 is 0 Å². The lowest BCUT2D eigenvalue weighted by atomic mass is 10.0. The van der Waals surface area contributed by atoms with Crippen molar-refractivity contribution in [2.75, 3.05) is 6.54 Å². The van der Waals surface area contributed by atoms with Gasteiger partial charge < -0.3 is 4.90 Å². The van der Waals surface area contributed by atoms with Crippen molar-refractivity contribution in [1.29, 1.82) is 0 Å². The van der Waals surface area contributed by atoms with Gasteiger partial charge in [-0.05, 0) is 30.9 Å². The first kappa shape index (κ1) is 14.5. The number of aromatic nitrogens is 1. The third-order valence-corrected chi connectivity index (χ3v) is 3.67. The van der Waals surface area contributed by atoms with Crippen molar-refractivity contribution in [3.63, 3.8) is 0 Å². The zero-order chi connectivity index (χ0) is 14.5. The minimum Gasteiger partial charge on any atom is -0.337 e. The van der Waals surface area contributed by atoms with Crippen molar-refractivity contribution in [3.05, 3.63) is 29.6 Å². The second-order valence-corrected chi connectivity index (χ2v) is 5.26. The van der Waals surface area contributed by atoms with Gasteiger partial charge in [-0.3, -0.25) is 20.0 Å². The molecular weight excluding hydrogens is 256 g/mol. The van der Waals surface area contributed by atoms with E-state index in [9.17, 15) is 9.59 Å². The van der Waals surface area contributed by atoms with E-state index in [1.54, 1.807) is 12.1 Å². The molecule has 1 aliphatic heterocycles. The Balaban J connectivity index is 2.02. The van der Waals surface area contributed by atoms with Gasteiger partial charge in [-0.2, -0.15) is 0 Å². The second kappa shape index (κ2) is 6.47. The molecule has 2 heterocycles. The molecule has 1 aromatic rings. The molecule has 20 heavy (non-hydrogen) atoms. The number of hydrazine groups is 1. The molecule has 0 radical (unpaired) electrons. The number of carbonyl (C=O) groups excluding carboxylic acids is 2. The molecular formula is C14H20N4O2. The summed E-state index contributed by atoms with van der Waals surface area (Å²) in [6.07, 6.45) is 4.06. The van der Waals surface area contributed by atoms with Gasteiger partial charge in [0, 0.05) is 19.2 Å². The normalized spacial score (nSPS) is 19.6. The van der Waals surface area contributed by atoms with E-state index in [4.69, 9.17) is 5.84 Å². The van der Waals surface area contributed by atoms with Crippen LogP contribution >= 0.6 is 0 Å². The molecule has 1 unspecified atom stereocenters. The summed E-state index contributed by atoms with van der Waals surface area (Å²) in [6, 6.07) is 3.42. The molecule has 0 saturated carbocycles. The lowest BCUT2D eigenvalue weighted by Crippen LogP contribution is -2.31. The molecule has 1 aromatic heterocycles. The fourth-order valence-electron chi connectivity index (χ4n) is 2.27. The van der Waals surface area contributed by atoms with Crippen LogP contribution in [0.1, 0.15) is 42.2 Å². The summed E-state index contributed by atoms with van der Waals surface area (Å²) in [6.45, 7) is 3.44. The molecule has 0 spiro atoms. The van der Waals surface area contributed by atoms with E-state index in [2.05, 4.69) is 17.3 Å². The van der Waals surface area contributed by atoms with Gasteiger partial charge in [0.25, 0.3) is 5.91 Å².